The van der Waals surface area contributed by atoms with Crippen molar-refractivity contribution in [3.63, 3.8) is 0 Å². The number of piperidine rings is 1. The average molecular weight is 283 g/mol. The number of Topliss-reactive ketones (excluding diaryl/α,β-unsaturated/α-hetero) is 2. The van der Waals surface area contributed by atoms with Gasteiger partial charge in [-0.1, -0.05) is 0 Å². The Bertz CT molecular complexity index is 412. The summed E-state index contributed by atoms with van der Waals surface area (Å²) in [6.45, 7) is 3.20. The van der Waals surface area contributed by atoms with E-state index in [1.165, 1.54) is 0 Å². The van der Waals surface area contributed by atoms with Crippen molar-refractivity contribution < 1.29 is 24.0 Å². The maximum Gasteiger partial charge on any atom is 0.317 e. The fourth-order valence-corrected chi connectivity index (χ4v) is 3.38. The zero-order valence-electron chi connectivity index (χ0n) is 12.0. The Kier molecular flexibility index (Phi) is 4.55. The fraction of sp³-hybridized carbons (Fsp3) is 0.786. The second kappa shape index (κ2) is 6.01. The summed E-state index contributed by atoms with van der Waals surface area (Å²) in [5, 5.41) is 1.79. The molecule has 1 heterocycles. The van der Waals surface area contributed by atoms with Gasteiger partial charge in [0.25, 0.3) is 0 Å². The van der Waals surface area contributed by atoms with Gasteiger partial charge in [0.05, 0.1) is 20.1 Å². The van der Waals surface area contributed by atoms with E-state index in [1.54, 1.807) is 19.1 Å². The van der Waals surface area contributed by atoms with E-state index in [1.807, 2.05) is 0 Å². The quantitative estimate of drug-likeness (QED) is 0.562. The summed E-state index contributed by atoms with van der Waals surface area (Å²) in [6, 6.07) is 0. The Balaban J connectivity index is 2.23. The molecule has 0 radical (unpaired) electrons. The SMILES string of the molecule is CCOC(=O)C1C(=O)CC(=O)CC12CCN(OC)CC2. The van der Waals surface area contributed by atoms with Crippen molar-refractivity contribution in [2.24, 2.45) is 11.3 Å². The van der Waals surface area contributed by atoms with Gasteiger partial charge in [0, 0.05) is 24.9 Å². The molecule has 0 N–H and O–H groups in total. The highest BCUT2D eigenvalue weighted by Gasteiger charge is 2.53. The molecule has 0 bridgehead atoms. The van der Waals surface area contributed by atoms with Crippen LogP contribution < -0.4 is 0 Å². The lowest BCUT2D eigenvalue weighted by Gasteiger charge is -2.45. The number of hydroxylamine groups is 2. The highest BCUT2D eigenvalue weighted by molar-refractivity contribution is 6.11. The molecule has 0 amide bonds. The fourth-order valence-electron chi connectivity index (χ4n) is 3.38. The van der Waals surface area contributed by atoms with Crippen molar-refractivity contribution in [3.8, 4) is 0 Å². The zero-order valence-corrected chi connectivity index (χ0v) is 12.0. The minimum atomic E-state index is -0.792. The van der Waals surface area contributed by atoms with Gasteiger partial charge >= 0.3 is 5.97 Å². The Morgan fingerprint density at radius 3 is 2.55 bits per heavy atom. The van der Waals surface area contributed by atoms with Gasteiger partial charge in [0.15, 0.2) is 5.78 Å². The Labute approximate surface area is 118 Å². The zero-order chi connectivity index (χ0) is 14.8. The molecular formula is C14H21NO5. The summed E-state index contributed by atoms with van der Waals surface area (Å²) in [4.78, 5) is 41.3. The lowest BCUT2D eigenvalue weighted by molar-refractivity contribution is -0.182. The predicted octanol–water partition coefficient (Wildman–Crippen LogP) is 0.741. The van der Waals surface area contributed by atoms with Crippen molar-refractivity contribution in [2.45, 2.75) is 32.6 Å². The number of ether oxygens (including phenoxy) is 1. The molecule has 0 aromatic heterocycles. The van der Waals surface area contributed by atoms with Gasteiger partial charge in [0.1, 0.15) is 11.7 Å². The van der Waals surface area contributed by atoms with E-state index >= 15 is 0 Å². The number of hydrogen-bond donors (Lipinski definition) is 0. The largest absolute Gasteiger partial charge is 0.465 e. The molecule has 1 unspecified atom stereocenters. The Morgan fingerprint density at radius 1 is 1.35 bits per heavy atom. The first kappa shape index (κ1) is 15.1. The van der Waals surface area contributed by atoms with Crippen molar-refractivity contribution in [1.82, 2.24) is 5.06 Å². The first-order valence-electron chi connectivity index (χ1n) is 7.02. The van der Waals surface area contributed by atoms with Gasteiger partial charge in [-0.05, 0) is 19.8 Å². The Hall–Kier alpha value is -1.27. The summed E-state index contributed by atoms with van der Waals surface area (Å²) in [5.41, 5.74) is -0.576. The molecule has 6 nitrogen and oxygen atoms in total. The number of esters is 1. The predicted molar refractivity (Wildman–Crippen MR) is 69.6 cm³/mol. The van der Waals surface area contributed by atoms with Crippen LogP contribution in [-0.2, 0) is 24.0 Å². The molecule has 2 rings (SSSR count). The summed E-state index contributed by atoms with van der Waals surface area (Å²) in [7, 11) is 1.60. The van der Waals surface area contributed by atoms with E-state index in [0.29, 0.717) is 32.4 Å². The second-order valence-electron chi connectivity index (χ2n) is 5.52. The molecule has 0 aromatic carbocycles. The highest BCUT2D eigenvalue weighted by atomic mass is 16.7. The molecule has 1 aliphatic carbocycles. The van der Waals surface area contributed by atoms with E-state index in [9.17, 15) is 14.4 Å². The monoisotopic (exact) mass is 283 g/mol. The summed E-state index contributed by atoms with van der Waals surface area (Å²) in [5.74, 6) is -1.62. The smallest absolute Gasteiger partial charge is 0.317 e. The molecule has 2 fully saturated rings. The maximum absolute atomic E-state index is 12.2. The Morgan fingerprint density at radius 2 is 2.00 bits per heavy atom. The van der Waals surface area contributed by atoms with Crippen molar-refractivity contribution >= 4 is 17.5 Å². The van der Waals surface area contributed by atoms with E-state index in [0.717, 1.165) is 0 Å². The molecule has 6 heteroatoms. The number of ketones is 2. The molecule has 112 valence electrons. The van der Waals surface area contributed by atoms with Crippen LogP contribution in [0, 0.1) is 11.3 Å². The van der Waals surface area contributed by atoms with Crippen LogP contribution in [0.1, 0.15) is 32.6 Å². The van der Waals surface area contributed by atoms with Crippen LogP contribution in [0.2, 0.25) is 0 Å². The van der Waals surface area contributed by atoms with Crippen LogP contribution in [0.3, 0.4) is 0 Å². The van der Waals surface area contributed by atoms with Crippen LogP contribution in [0.15, 0.2) is 0 Å². The van der Waals surface area contributed by atoms with E-state index in [2.05, 4.69) is 0 Å². The number of carbonyl (C=O) groups excluding carboxylic acids is 3. The topological polar surface area (TPSA) is 72.9 Å². The van der Waals surface area contributed by atoms with E-state index in [-0.39, 0.29) is 24.6 Å². The lowest BCUT2D eigenvalue weighted by Crippen LogP contribution is -2.53. The van der Waals surface area contributed by atoms with Crippen LogP contribution >= 0.6 is 0 Å². The van der Waals surface area contributed by atoms with Crippen molar-refractivity contribution in [2.75, 3.05) is 26.8 Å². The average Bonchev–Trinajstić information content (AvgIpc) is 2.39. The standard InChI is InChI=1S/C14H21NO5/c1-3-20-13(18)12-11(17)8-10(16)9-14(12)4-6-15(19-2)7-5-14/h12H,3-9H2,1-2H3. The minimum Gasteiger partial charge on any atom is -0.465 e. The molecule has 1 spiro atoms. The third kappa shape index (κ3) is 2.76. The minimum absolute atomic E-state index is 0.0681. The molecule has 1 atom stereocenters. The number of nitrogens with zero attached hydrogens (tertiary/aromatic N) is 1. The molecule has 1 saturated carbocycles. The summed E-state index contributed by atoms with van der Waals surface area (Å²) >= 11 is 0. The van der Waals surface area contributed by atoms with Gasteiger partial charge in [-0.2, -0.15) is 5.06 Å². The van der Waals surface area contributed by atoms with Gasteiger partial charge in [0.2, 0.25) is 0 Å². The molecule has 0 aromatic rings. The number of rotatable bonds is 3. The molecule has 1 saturated heterocycles. The van der Waals surface area contributed by atoms with E-state index < -0.39 is 17.3 Å². The van der Waals surface area contributed by atoms with Crippen LogP contribution in [0.5, 0.6) is 0 Å². The molecular weight excluding hydrogens is 262 g/mol. The second-order valence-corrected chi connectivity index (χ2v) is 5.52. The summed E-state index contributed by atoms with van der Waals surface area (Å²) in [6.07, 6.45) is 1.35. The van der Waals surface area contributed by atoms with Gasteiger partial charge < -0.3 is 9.57 Å². The highest BCUT2D eigenvalue weighted by Crippen LogP contribution is 2.46. The third-order valence-electron chi connectivity index (χ3n) is 4.35. The normalized spacial score (nSPS) is 26.8. The van der Waals surface area contributed by atoms with Gasteiger partial charge in [-0.15, -0.1) is 0 Å². The van der Waals surface area contributed by atoms with E-state index in [4.69, 9.17) is 9.57 Å². The number of carbonyl (C=O) groups is 3. The first-order valence-corrected chi connectivity index (χ1v) is 7.02. The summed E-state index contributed by atoms with van der Waals surface area (Å²) < 4.78 is 5.05. The third-order valence-corrected chi connectivity index (χ3v) is 4.35. The van der Waals surface area contributed by atoms with Gasteiger partial charge in [-0.3, -0.25) is 14.4 Å². The van der Waals surface area contributed by atoms with Gasteiger partial charge in [-0.25, -0.2) is 0 Å². The molecule has 2 aliphatic rings. The van der Waals surface area contributed by atoms with Crippen LogP contribution in [-0.4, -0.2) is 49.4 Å². The molecule has 1 aliphatic heterocycles. The maximum atomic E-state index is 12.2. The first-order chi connectivity index (χ1) is 9.52. The molecule has 20 heavy (non-hydrogen) atoms. The van der Waals surface area contributed by atoms with Crippen molar-refractivity contribution in [3.05, 3.63) is 0 Å². The lowest BCUT2D eigenvalue weighted by atomic mass is 9.60. The van der Waals surface area contributed by atoms with Crippen LogP contribution in [0.4, 0.5) is 0 Å². The number of hydrogen-bond acceptors (Lipinski definition) is 6. The van der Waals surface area contributed by atoms with Crippen molar-refractivity contribution in [1.29, 1.82) is 0 Å². The van der Waals surface area contributed by atoms with Crippen LogP contribution in [0.25, 0.3) is 0 Å².